The Morgan fingerprint density at radius 2 is 2.10 bits per heavy atom. The molecular weight excluding hydrogens is 288 g/mol. The highest BCUT2D eigenvalue weighted by atomic mass is 32.2. The van der Waals surface area contributed by atoms with Crippen LogP contribution in [0.15, 0.2) is 17.2 Å². The third kappa shape index (κ3) is 3.31. The first-order valence-electron chi connectivity index (χ1n) is 7.49. The fraction of sp³-hybridized carbons (Fsp3) is 0.714. The maximum Gasteiger partial charge on any atom is 0.244 e. The van der Waals surface area contributed by atoms with Crippen molar-refractivity contribution in [1.29, 1.82) is 0 Å². The van der Waals surface area contributed by atoms with Crippen LogP contribution in [-0.4, -0.2) is 54.9 Å². The predicted molar refractivity (Wildman–Crippen MR) is 83.5 cm³/mol. The number of aryl methyl sites for hydroxylation is 1. The summed E-state index contributed by atoms with van der Waals surface area (Å²) in [6, 6.07) is 1.95. The van der Waals surface area contributed by atoms with Crippen molar-refractivity contribution in [3.8, 4) is 0 Å². The number of likely N-dealkylation sites (N-methyl/N-ethyl adjacent to an activating group) is 1. The molecule has 1 aliphatic rings. The van der Waals surface area contributed by atoms with Crippen LogP contribution in [0.3, 0.4) is 0 Å². The lowest BCUT2D eigenvalue weighted by Crippen LogP contribution is -2.51. The largest absolute Gasteiger partial charge is 0.349 e. The Morgan fingerprint density at radius 3 is 2.67 bits per heavy atom. The van der Waals surface area contributed by atoms with Crippen molar-refractivity contribution in [2.24, 2.45) is 5.73 Å². The second kappa shape index (κ2) is 6.48. The van der Waals surface area contributed by atoms with Crippen molar-refractivity contribution >= 4 is 10.0 Å². The van der Waals surface area contributed by atoms with Gasteiger partial charge in [-0.2, -0.15) is 4.31 Å². The molecule has 7 heteroatoms. The van der Waals surface area contributed by atoms with Crippen molar-refractivity contribution < 1.29 is 8.42 Å². The first-order valence-corrected chi connectivity index (χ1v) is 8.93. The zero-order chi connectivity index (χ0) is 15.6. The van der Waals surface area contributed by atoms with Gasteiger partial charge >= 0.3 is 0 Å². The first-order chi connectivity index (χ1) is 9.90. The first kappa shape index (κ1) is 16.5. The van der Waals surface area contributed by atoms with E-state index in [1.807, 2.05) is 11.6 Å². The van der Waals surface area contributed by atoms with Gasteiger partial charge in [0, 0.05) is 50.7 Å². The summed E-state index contributed by atoms with van der Waals surface area (Å²) in [7, 11) is -1.39. The SMILES string of the molecule is CCCn1cc(S(=O)(=O)N2CCN(C)C(C)C2)cc1CN. The molecule has 120 valence electrons. The number of nitrogens with zero attached hydrogens (tertiary/aromatic N) is 3. The molecule has 0 saturated carbocycles. The number of aromatic nitrogens is 1. The highest BCUT2D eigenvalue weighted by molar-refractivity contribution is 7.89. The summed E-state index contributed by atoms with van der Waals surface area (Å²) in [5, 5.41) is 0. The van der Waals surface area contributed by atoms with Crippen molar-refractivity contribution in [3.63, 3.8) is 0 Å². The van der Waals surface area contributed by atoms with Crippen LogP contribution in [0, 0.1) is 0 Å². The van der Waals surface area contributed by atoms with Crippen molar-refractivity contribution in [1.82, 2.24) is 13.8 Å². The van der Waals surface area contributed by atoms with Gasteiger partial charge in [0.1, 0.15) is 4.90 Å². The summed E-state index contributed by atoms with van der Waals surface area (Å²) >= 11 is 0. The summed E-state index contributed by atoms with van der Waals surface area (Å²) in [5.74, 6) is 0. The smallest absolute Gasteiger partial charge is 0.244 e. The normalized spacial score (nSPS) is 21.8. The van der Waals surface area contributed by atoms with Gasteiger partial charge in [-0.05, 0) is 26.5 Å². The standard InChI is InChI=1S/C14H26N4O2S/c1-4-5-17-11-14(8-13(17)9-15)21(19,20)18-7-6-16(3)12(2)10-18/h8,11-12H,4-7,9-10,15H2,1-3H3. The van der Waals surface area contributed by atoms with Gasteiger partial charge in [-0.3, -0.25) is 0 Å². The molecule has 6 nitrogen and oxygen atoms in total. The van der Waals surface area contributed by atoms with Crippen LogP contribution in [0.5, 0.6) is 0 Å². The Hall–Kier alpha value is -0.890. The molecule has 0 aliphatic carbocycles. The zero-order valence-electron chi connectivity index (χ0n) is 13.1. The van der Waals surface area contributed by atoms with Crippen molar-refractivity contribution in [2.75, 3.05) is 26.7 Å². The van der Waals surface area contributed by atoms with Crippen LogP contribution in [-0.2, 0) is 23.1 Å². The molecule has 1 atom stereocenters. The molecule has 0 bridgehead atoms. The van der Waals surface area contributed by atoms with E-state index in [1.54, 1.807) is 16.6 Å². The molecule has 0 amide bonds. The summed E-state index contributed by atoms with van der Waals surface area (Å²) in [6.45, 7) is 7.11. The lowest BCUT2D eigenvalue weighted by Gasteiger charge is -2.36. The van der Waals surface area contributed by atoms with Crippen molar-refractivity contribution in [3.05, 3.63) is 18.0 Å². The third-order valence-electron chi connectivity index (χ3n) is 4.19. The number of hydrogen-bond donors (Lipinski definition) is 1. The lowest BCUT2D eigenvalue weighted by molar-refractivity contribution is 0.159. The molecule has 2 N–H and O–H groups in total. The van der Waals surface area contributed by atoms with E-state index in [4.69, 9.17) is 5.73 Å². The third-order valence-corrected chi connectivity index (χ3v) is 6.03. The van der Waals surface area contributed by atoms with E-state index in [2.05, 4.69) is 18.7 Å². The summed E-state index contributed by atoms with van der Waals surface area (Å²) < 4.78 is 29.1. The molecule has 1 aliphatic heterocycles. The van der Waals surface area contributed by atoms with Crippen LogP contribution in [0.2, 0.25) is 0 Å². The number of sulfonamides is 1. The Labute approximate surface area is 127 Å². The average molecular weight is 314 g/mol. The van der Waals surface area contributed by atoms with E-state index in [1.165, 1.54) is 0 Å². The minimum absolute atomic E-state index is 0.236. The monoisotopic (exact) mass is 314 g/mol. The summed E-state index contributed by atoms with van der Waals surface area (Å²) in [6.07, 6.45) is 2.68. The number of piperazine rings is 1. The highest BCUT2D eigenvalue weighted by Crippen LogP contribution is 2.22. The van der Waals surface area contributed by atoms with Gasteiger partial charge in [0.2, 0.25) is 10.0 Å². The van der Waals surface area contributed by atoms with Gasteiger partial charge in [-0.25, -0.2) is 8.42 Å². The molecule has 21 heavy (non-hydrogen) atoms. The fourth-order valence-corrected chi connectivity index (χ4v) is 4.25. The number of hydrogen-bond acceptors (Lipinski definition) is 4. The molecule has 2 heterocycles. The molecule has 1 unspecified atom stereocenters. The van der Waals surface area contributed by atoms with Crippen LogP contribution in [0.25, 0.3) is 0 Å². The Bertz CT molecular complexity index is 582. The lowest BCUT2D eigenvalue weighted by atomic mass is 10.2. The second-order valence-electron chi connectivity index (χ2n) is 5.76. The maximum absolute atomic E-state index is 12.8. The van der Waals surface area contributed by atoms with Gasteiger partial charge in [0.25, 0.3) is 0 Å². The summed E-state index contributed by atoms with van der Waals surface area (Å²) in [5.41, 5.74) is 6.59. The van der Waals surface area contributed by atoms with Gasteiger partial charge in [0.15, 0.2) is 0 Å². The molecule has 0 radical (unpaired) electrons. The molecule has 1 saturated heterocycles. The fourth-order valence-electron chi connectivity index (χ4n) is 2.67. The van der Waals surface area contributed by atoms with Crippen LogP contribution < -0.4 is 5.73 Å². The minimum atomic E-state index is -3.42. The van der Waals surface area contributed by atoms with E-state index < -0.39 is 10.0 Å². The van der Waals surface area contributed by atoms with E-state index in [0.29, 0.717) is 24.5 Å². The molecule has 0 spiro atoms. The van der Waals surface area contributed by atoms with Crippen LogP contribution in [0.1, 0.15) is 26.0 Å². The molecular formula is C14H26N4O2S. The van der Waals surface area contributed by atoms with Crippen molar-refractivity contribution in [2.45, 2.75) is 44.3 Å². The Morgan fingerprint density at radius 1 is 1.38 bits per heavy atom. The predicted octanol–water partition coefficient (Wildman–Crippen LogP) is 0.681. The van der Waals surface area contributed by atoms with Crippen LogP contribution >= 0.6 is 0 Å². The highest BCUT2D eigenvalue weighted by Gasteiger charge is 2.31. The van der Waals surface area contributed by atoms with Crippen LogP contribution in [0.4, 0.5) is 0 Å². The molecule has 1 aromatic rings. The molecule has 0 aromatic carbocycles. The van der Waals surface area contributed by atoms with Gasteiger partial charge in [-0.1, -0.05) is 6.92 Å². The summed E-state index contributed by atoms with van der Waals surface area (Å²) in [4.78, 5) is 2.55. The average Bonchev–Trinajstić information content (AvgIpc) is 2.86. The van der Waals surface area contributed by atoms with E-state index in [9.17, 15) is 8.42 Å². The number of rotatable bonds is 5. The molecule has 2 rings (SSSR count). The van der Waals surface area contributed by atoms with Gasteiger partial charge in [-0.15, -0.1) is 0 Å². The molecule has 1 aromatic heterocycles. The van der Waals surface area contributed by atoms with E-state index in [0.717, 1.165) is 25.2 Å². The maximum atomic E-state index is 12.8. The quantitative estimate of drug-likeness (QED) is 0.867. The van der Waals surface area contributed by atoms with E-state index >= 15 is 0 Å². The Balaban J connectivity index is 2.27. The molecule has 1 fully saturated rings. The zero-order valence-corrected chi connectivity index (χ0v) is 13.9. The Kier molecular flexibility index (Phi) is 5.08. The van der Waals surface area contributed by atoms with Gasteiger partial charge < -0.3 is 15.2 Å². The number of nitrogens with two attached hydrogens (primary N) is 1. The van der Waals surface area contributed by atoms with Gasteiger partial charge in [0.05, 0.1) is 0 Å². The minimum Gasteiger partial charge on any atom is -0.349 e. The van der Waals surface area contributed by atoms with E-state index in [-0.39, 0.29) is 6.04 Å². The second-order valence-corrected chi connectivity index (χ2v) is 7.70. The topological polar surface area (TPSA) is 71.6 Å².